The van der Waals surface area contributed by atoms with E-state index in [2.05, 4.69) is 0 Å². The van der Waals surface area contributed by atoms with Crippen molar-refractivity contribution in [2.45, 2.75) is 30.4 Å². The van der Waals surface area contributed by atoms with Gasteiger partial charge >= 0.3 is 5.97 Å². The molecule has 1 heterocycles. The zero-order valence-electron chi connectivity index (χ0n) is 10.7. The number of hydrogen-bond donors (Lipinski definition) is 2. The lowest BCUT2D eigenvalue weighted by Gasteiger charge is -2.22. The SMILES string of the molecule is Cc1c(Cl)cccc1S(=O)(=O)N1CC(O)CC1C(=O)O. The second-order valence-electron chi connectivity index (χ2n) is 4.68. The summed E-state index contributed by atoms with van der Waals surface area (Å²) >= 11 is 5.91. The number of aliphatic hydroxyl groups is 1. The standard InChI is InChI=1S/C12H14ClNO5S/c1-7-9(13)3-2-4-11(7)20(18,19)14-6-8(15)5-10(14)12(16)17/h2-4,8,10,15H,5-6H2,1H3,(H,16,17). The van der Waals surface area contributed by atoms with Gasteiger partial charge in [0.2, 0.25) is 10.0 Å². The lowest BCUT2D eigenvalue weighted by molar-refractivity contribution is -0.140. The van der Waals surface area contributed by atoms with Crippen LogP contribution in [-0.2, 0) is 14.8 Å². The first-order chi connectivity index (χ1) is 9.25. The van der Waals surface area contributed by atoms with Crippen molar-refractivity contribution in [1.82, 2.24) is 4.31 Å². The van der Waals surface area contributed by atoms with Crippen LogP contribution < -0.4 is 0 Å². The summed E-state index contributed by atoms with van der Waals surface area (Å²) in [4.78, 5) is 11.1. The van der Waals surface area contributed by atoms with Crippen LogP contribution in [0.1, 0.15) is 12.0 Å². The molecular formula is C12H14ClNO5S. The summed E-state index contributed by atoms with van der Waals surface area (Å²) < 4.78 is 25.9. The van der Waals surface area contributed by atoms with Crippen molar-refractivity contribution < 1.29 is 23.4 Å². The minimum atomic E-state index is -4.01. The molecule has 1 saturated heterocycles. The molecule has 0 bridgehead atoms. The van der Waals surface area contributed by atoms with Crippen molar-refractivity contribution >= 4 is 27.6 Å². The van der Waals surface area contributed by atoms with E-state index in [1.807, 2.05) is 0 Å². The lowest BCUT2D eigenvalue weighted by atomic mass is 10.2. The van der Waals surface area contributed by atoms with Gasteiger partial charge in [0.1, 0.15) is 6.04 Å². The number of aliphatic carboxylic acids is 1. The summed E-state index contributed by atoms with van der Waals surface area (Å²) in [7, 11) is -4.01. The van der Waals surface area contributed by atoms with Gasteiger partial charge in [-0.2, -0.15) is 4.31 Å². The molecule has 0 aromatic heterocycles. The largest absolute Gasteiger partial charge is 0.480 e. The Kier molecular flexibility index (Phi) is 4.06. The maximum atomic E-state index is 12.6. The Hall–Kier alpha value is -1.15. The number of sulfonamides is 1. The molecule has 2 atom stereocenters. The number of nitrogens with zero attached hydrogens (tertiary/aromatic N) is 1. The van der Waals surface area contributed by atoms with Crippen LogP contribution in [0.5, 0.6) is 0 Å². The van der Waals surface area contributed by atoms with Gasteiger partial charge < -0.3 is 10.2 Å². The number of benzene rings is 1. The molecule has 2 N–H and O–H groups in total. The third kappa shape index (κ3) is 2.54. The van der Waals surface area contributed by atoms with Gasteiger partial charge in [-0.1, -0.05) is 17.7 Å². The summed E-state index contributed by atoms with van der Waals surface area (Å²) in [6, 6.07) is 3.17. The second kappa shape index (κ2) is 5.33. The van der Waals surface area contributed by atoms with Crippen molar-refractivity contribution in [3.63, 3.8) is 0 Å². The average Bonchev–Trinajstić information content (AvgIpc) is 2.75. The molecule has 1 aliphatic rings. The summed E-state index contributed by atoms with van der Waals surface area (Å²) in [5.74, 6) is -1.27. The van der Waals surface area contributed by atoms with Gasteiger partial charge in [-0.25, -0.2) is 8.42 Å². The molecule has 0 amide bonds. The first-order valence-corrected chi connectivity index (χ1v) is 7.74. The third-order valence-electron chi connectivity index (χ3n) is 3.32. The van der Waals surface area contributed by atoms with Gasteiger partial charge in [0.15, 0.2) is 0 Å². The van der Waals surface area contributed by atoms with Gasteiger partial charge in [-0.05, 0) is 24.6 Å². The van der Waals surface area contributed by atoms with E-state index in [0.29, 0.717) is 5.56 Å². The molecule has 1 fully saturated rings. The average molecular weight is 320 g/mol. The fourth-order valence-electron chi connectivity index (χ4n) is 2.27. The molecule has 2 unspecified atom stereocenters. The Balaban J connectivity index is 2.49. The van der Waals surface area contributed by atoms with Crippen LogP contribution in [0, 0.1) is 6.92 Å². The summed E-state index contributed by atoms with van der Waals surface area (Å²) in [6.07, 6.45) is -1.10. The topological polar surface area (TPSA) is 94.9 Å². The van der Waals surface area contributed by atoms with Crippen LogP contribution in [0.25, 0.3) is 0 Å². The van der Waals surface area contributed by atoms with E-state index < -0.39 is 28.1 Å². The van der Waals surface area contributed by atoms with Gasteiger partial charge in [-0.15, -0.1) is 0 Å². The van der Waals surface area contributed by atoms with Crippen LogP contribution in [0.3, 0.4) is 0 Å². The fraction of sp³-hybridized carbons (Fsp3) is 0.417. The Morgan fingerprint density at radius 3 is 2.70 bits per heavy atom. The molecule has 8 heteroatoms. The predicted octanol–water partition coefficient (Wildman–Crippen LogP) is 0.857. The van der Waals surface area contributed by atoms with Crippen molar-refractivity contribution in [1.29, 1.82) is 0 Å². The van der Waals surface area contributed by atoms with Gasteiger partial charge in [-0.3, -0.25) is 4.79 Å². The second-order valence-corrected chi connectivity index (χ2v) is 6.95. The number of halogens is 1. The highest BCUT2D eigenvalue weighted by atomic mass is 35.5. The molecule has 1 aromatic carbocycles. The number of hydrogen-bond acceptors (Lipinski definition) is 4. The molecule has 0 spiro atoms. The minimum absolute atomic E-state index is 0.0367. The van der Waals surface area contributed by atoms with Crippen LogP contribution >= 0.6 is 11.6 Å². The maximum absolute atomic E-state index is 12.6. The van der Waals surface area contributed by atoms with Gasteiger partial charge in [0.05, 0.1) is 11.0 Å². The van der Waals surface area contributed by atoms with E-state index >= 15 is 0 Å². The van der Waals surface area contributed by atoms with Crippen molar-refractivity contribution in [3.05, 3.63) is 28.8 Å². The number of carbonyl (C=O) groups is 1. The van der Waals surface area contributed by atoms with E-state index in [0.717, 1.165) is 4.31 Å². The molecule has 1 aliphatic heterocycles. The first kappa shape index (κ1) is 15.2. The lowest BCUT2D eigenvalue weighted by Crippen LogP contribution is -2.40. The van der Waals surface area contributed by atoms with Gasteiger partial charge in [0.25, 0.3) is 0 Å². The Bertz CT molecular complexity index is 645. The molecule has 0 saturated carbocycles. The van der Waals surface area contributed by atoms with E-state index in [4.69, 9.17) is 16.7 Å². The highest BCUT2D eigenvalue weighted by Crippen LogP contribution is 2.30. The number of carboxylic acid groups (broad SMARTS) is 1. The summed E-state index contributed by atoms with van der Waals surface area (Å²) in [6.45, 7) is 1.32. The molecule has 0 aliphatic carbocycles. The monoisotopic (exact) mass is 319 g/mol. The molecule has 110 valence electrons. The van der Waals surface area contributed by atoms with Gasteiger partial charge in [0, 0.05) is 18.0 Å². The number of β-amino-alcohol motifs (C(OH)–C–C–N with tert-alkyl or cyclic N) is 1. The Labute approximate surface area is 121 Å². The van der Waals surface area contributed by atoms with Crippen molar-refractivity contribution in [2.75, 3.05) is 6.54 Å². The number of aliphatic hydroxyl groups excluding tert-OH is 1. The molecule has 2 rings (SSSR count). The number of rotatable bonds is 3. The Morgan fingerprint density at radius 1 is 1.45 bits per heavy atom. The van der Waals surface area contributed by atoms with Crippen LogP contribution in [0.2, 0.25) is 5.02 Å². The quantitative estimate of drug-likeness (QED) is 0.861. The van der Waals surface area contributed by atoms with Crippen LogP contribution in [-0.4, -0.2) is 47.6 Å². The smallest absolute Gasteiger partial charge is 0.322 e. The Morgan fingerprint density at radius 2 is 2.10 bits per heavy atom. The van der Waals surface area contributed by atoms with Crippen molar-refractivity contribution in [3.8, 4) is 0 Å². The highest BCUT2D eigenvalue weighted by molar-refractivity contribution is 7.89. The van der Waals surface area contributed by atoms with Crippen LogP contribution in [0.15, 0.2) is 23.1 Å². The normalized spacial score (nSPS) is 23.9. The van der Waals surface area contributed by atoms with E-state index in [9.17, 15) is 18.3 Å². The molecule has 20 heavy (non-hydrogen) atoms. The van der Waals surface area contributed by atoms with Crippen molar-refractivity contribution in [2.24, 2.45) is 0 Å². The van der Waals surface area contributed by atoms with Crippen LogP contribution in [0.4, 0.5) is 0 Å². The fourth-order valence-corrected chi connectivity index (χ4v) is 4.38. The maximum Gasteiger partial charge on any atom is 0.322 e. The zero-order valence-corrected chi connectivity index (χ0v) is 12.2. The summed E-state index contributed by atoms with van der Waals surface area (Å²) in [5, 5.41) is 18.9. The molecular weight excluding hydrogens is 306 g/mol. The predicted molar refractivity (Wildman–Crippen MR) is 72.1 cm³/mol. The van der Waals surface area contributed by atoms with E-state index in [1.165, 1.54) is 12.1 Å². The molecule has 1 aromatic rings. The first-order valence-electron chi connectivity index (χ1n) is 5.93. The zero-order chi connectivity index (χ0) is 15.1. The van der Waals surface area contributed by atoms with E-state index in [1.54, 1.807) is 13.0 Å². The molecule has 0 radical (unpaired) electrons. The number of carboxylic acids is 1. The van der Waals surface area contributed by atoms with E-state index in [-0.39, 0.29) is 22.9 Å². The molecule has 6 nitrogen and oxygen atoms in total. The third-order valence-corrected chi connectivity index (χ3v) is 5.75. The minimum Gasteiger partial charge on any atom is -0.480 e. The highest BCUT2D eigenvalue weighted by Gasteiger charge is 2.44. The summed E-state index contributed by atoms with van der Waals surface area (Å²) in [5.41, 5.74) is 0.361.